The third kappa shape index (κ3) is 3.00. The molecule has 0 amide bonds. The molecule has 0 aromatic carbocycles. The van der Waals surface area contributed by atoms with Crippen LogP contribution >= 0.6 is 0 Å². The van der Waals surface area contributed by atoms with Crippen LogP contribution in [0.2, 0.25) is 0 Å². The van der Waals surface area contributed by atoms with Gasteiger partial charge in [-0.15, -0.1) is 0 Å². The highest BCUT2D eigenvalue weighted by molar-refractivity contribution is 5.80. The summed E-state index contributed by atoms with van der Waals surface area (Å²) in [5, 5.41) is 20.3. The fourth-order valence-electron chi connectivity index (χ4n) is 3.35. The molecule has 2 aliphatic heterocycles. The molecule has 2 N–H and O–H groups in total. The van der Waals surface area contributed by atoms with Gasteiger partial charge in [0.05, 0.1) is 6.10 Å². The summed E-state index contributed by atoms with van der Waals surface area (Å²) in [7, 11) is 0. The van der Waals surface area contributed by atoms with Crippen LogP contribution in [0, 0.1) is 5.92 Å². The van der Waals surface area contributed by atoms with Crippen LogP contribution in [0.1, 0.15) is 40.0 Å². The molecule has 4 atom stereocenters. The molecule has 0 aliphatic carbocycles. The number of fused-ring (bicyclic) bond motifs is 1. The molecule has 2 heterocycles. The van der Waals surface area contributed by atoms with Crippen molar-refractivity contribution in [2.45, 2.75) is 57.8 Å². The van der Waals surface area contributed by atoms with Gasteiger partial charge in [0.2, 0.25) is 0 Å². The number of aliphatic hydroxyl groups excluding tert-OH is 1. The number of hydrogen-bond donors (Lipinski definition) is 2. The van der Waals surface area contributed by atoms with Crippen molar-refractivity contribution >= 4 is 5.97 Å². The number of ether oxygens (including phenoxy) is 1. The van der Waals surface area contributed by atoms with Crippen molar-refractivity contribution in [1.82, 2.24) is 4.90 Å². The molecule has 0 unspecified atom stereocenters. The van der Waals surface area contributed by atoms with E-state index in [1.54, 1.807) is 6.92 Å². The van der Waals surface area contributed by atoms with Crippen LogP contribution in [0.4, 0.5) is 0 Å². The number of carbonyl (C=O) groups is 1. The highest BCUT2D eigenvalue weighted by Gasteiger charge is 2.47. The first-order valence-corrected chi connectivity index (χ1v) is 7.91. The number of aliphatic hydroxyl groups is 2. The lowest BCUT2D eigenvalue weighted by Crippen LogP contribution is -2.54. The van der Waals surface area contributed by atoms with Crippen molar-refractivity contribution in [2.24, 2.45) is 5.92 Å². The fraction of sp³-hybridized carbons (Fsp3) is 0.812. The molecule has 120 valence electrons. The molecule has 1 fully saturated rings. The van der Waals surface area contributed by atoms with Crippen molar-refractivity contribution in [3.05, 3.63) is 11.6 Å². The number of esters is 1. The van der Waals surface area contributed by atoms with E-state index >= 15 is 0 Å². The Labute approximate surface area is 126 Å². The van der Waals surface area contributed by atoms with Gasteiger partial charge in [-0.25, -0.2) is 4.79 Å². The Kier molecular flexibility index (Phi) is 5.07. The van der Waals surface area contributed by atoms with E-state index in [2.05, 4.69) is 11.0 Å². The third-order valence-corrected chi connectivity index (χ3v) is 5.08. The zero-order valence-electron chi connectivity index (χ0n) is 13.2. The molecule has 0 aromatic rings. The summed E-state index contributed by atoms with van der Waals surface area (Å²) in [5.41, 5.74) is -0.707. The second-order valence-electron chi connectivity index (χ2n) is 6.32. The smallest absolute Gasteiger partial charge is 0.341 e. The zero-order valence-corrected chi connectivity index (χ0v) is 13.2. The Balaban J connectivity index is 1.97. The Morgan fingerprint density at radius 1 is 1.57 bits per heavy atom. The summed E-state index contributed by atoms with van der Waals surface area (Å²) >= 11 is 0. The van der Waals surface area contributed by atoms with Crippen LogP contribution in [0.3, 0.4) is 0 Å². The Morgan fingerprint density at radius 2 is 2.29 bits per heavy atom. The normalized spacial score (nSPS) is 27.7. The minimum absolute atomic E-state index is 0.214. The molecule has 0 radical (unpaired) electrons. The van der Waals surface area contributed by atoms with Crippen LogP contribution in [0.5, 0.6) is 0 Å². The number of nitrogens with zero attached hydrogens (tertiary/aromatic N) is 1. The molecule has 2 rings (SSSR count). The van der Waals surface area contributed by atoms with E-state index in [-0.39, 0.29) is 12.5 Å². The number of carbonyl (C=O) groups excluding carboxylic acids is 1. The third-order valence-electron chi connectivity index (χ3n) is 5.08. The average Bonchev–Trinajstić information content (AvgIpc) is 3.06. The number of rotatable bonds is 6. The molecule has 1 saturated heterocycles. The van der Waals surface area contributed by atoms with Crippen molar-refractivity contribution in [2.75, 3.05) is 19.7 Å². The van der Waals surface area contributed by atoms with Crippen LogP contribution in [-0.4, -0.2) is 58.5 Å². The second kappa shape index (κ2) is 6.46. The summed E-state index contributed by atoms with van der Waals surface area (Å²) in [4.78, 5) is 14.7. The SMILES string of the molecule is CC[C@H](C)[C@@](O)(C(=O)OCC1=CCN2CCC[C@@H]12)[C@H](C)O. The van der Waals surface area contributed by atoms with E-state index in [9.17, 15) is 15.0 Å². The van der Waals surface area contributed by atoms with Gasteiger partial charge >= 0.3 is 5.97 Å². The first kappa shape index (κ1) is 16.5. The van der Waals surface area contributed by atoms with Gasteiger partial charge in [0.1, 0.15) is 6.61 Å². The van der Waals surface area contributed by atoms with E-state index < -0.39 is 17.7 Å². The molecular weight excluding hydrogens is 270 g/mol. The standard InChI is InChI=1S/C16H27NO4/c1-4-11(2)16(20,12(3)18)15(19)21-10-13-7-9-17-8-5-6-14(13)17/h7,11-12,14,18,20H,4-6,8-10H2,1-3H3/t11-,12-,14-,16-/m0/s1. The average molecular weight is 297 g/mol. The van der Waals surface area contributed by atoms with E-state index in [0.717, 1.165) is 25.1 Å². The maximum absolute atomic E-state index is 12.3. The maximum atomic E-state index is 12.3. The minimum atomic E-state index is -1.83. The highest BCUT2D eigenvalue weighted by Crippen LogP contribution is 2.30. The fourth-order valence-corrected chi connectivity index (χ4v) is 3.35. The van der Waals surface area contributed by atoms with Gasteiger partial charge in [-0.05, 0) is 37.8 Å². The molecule has 21 heavy (non-hydrogen) atoms. The van der Waals surface area contributed by atoms with E-state index in [1.165, 1.54) is 13.3 Å². The lowest BCUT2D eigenvalue weighted by molar-refractivity contribution is -0.185. The van der Waals surface area contributed by atoms with Crippen molar-refractivity contribution in [3.8, 4) is 0 Å². The number of hydrogen-bond acceptors (Lipinski definition) is 5. The summed E-state index contributed by atoms with van der Waals surface area (Å²) in [6, 6.07) is 0.390. The van der Waals surface area contributed by atoms with Gasteiger partial charge in [0.15, 0.2) is 5.60 Å². The molecule has 0 spiro atoms. The first-order valence-electron chi connectivity index (χ1n) is 7.91. The monoisotopic (exact) mass is 297 g/mol. The largest absolute Gasteiger partial charge is 0.459 e. The van der Waals surface area contributed by atoms with Gasteiger partial charge in [-0.1, -0.05) is 26.3 Å². The van der Waals surface area contributed by atoms with Gasteiger partial charge in [0, 0.05) is 12.6 Å². The Hall–Kier alpha value is -0.910. The molecule has 5 heteroatoms. The molecule has 0 bridgehead atoms. The van der Waals surface area contributed by atoms with E-state index in [1.807, 2.05) is 6.92 Å². The maximum Gasteiger partial charge on any atom is 0.341 e. The van der Waals surface area contributed by atoms with Gasteiger partial charge in [-0.3, -0.25) is 4.90 Å². The molecule has 2 aliphatic rings. The summed E-state index contributed by atoms with van der Waals surface area (Å²) in [6.07, 6.45) is 3.84. The van der Waals surface area contributed by atoms with Crippen molar-refractivity contribution in [1.29, 1.82) is 0 Å². The Morgan fingerprint density at radius 3 is 2.90 bits per heavy atom. The molecule has 0 aromatic heterocycles. The molecule has 0 saturated carbocycles. The predicted molar refractivity (Wildman–Crippen MR) is 79.7 cm³/mol. The lowest BCUT2D eigenvalue weighted by atomic mass is 9.82. The molecular formula is C16H27NO4. The molecule has 5 nitrogen and oxygen atoms in total. The van der Waals surface area contributed by atoms with Crippen LogP contribution in [0.15, 0.2) is 11.6 Å². The van der Waals surface area contributed by atoms with Gasteiger partial charge < -0.3 is 14.9 Å². The zero-order chi connectivity index (χ0) is 15.6. The van der Waals surface area contributed by atoms with Crippen molar-refractivity contribution in [3.63, 3.8) is 0 Å². The lowest BCUT2D eigenvalue weighted by Gasteiger charge is -2.34. The predicted octanol–water partition coefficient (Wildman–Crippen LogP) is 1.09. The first-order chi connectivity index (χ1) is 9.91. The topological polar surface area (TPSA) is 70.0 Å². The second-order valence-corrected chi connectivity index (χ2v) is 6.32. The van der Waals surface area contributed by atoms with E-state index in [0.29, 0.717) is 12.5 Å². The van der Waals surface area contributed by atoms with Gasteiger partial charge in [0.25, 0.3) is 0 Å². The van der Waals surface area contributed by atoms with Crippen LogP contribution in [-0.2, 0) is 9.53 Å². The van der Waals surface area contributed by atoms with Crippen LogP contribution < -0.4 is 0 Å². The highest BCUT2D eigenvalue weighted by atomic mass is 16.6. The van der Waals surface area contributed by atoms with Crippen molar-refractivity contribution < 1.29 is 19.7 Å². The quantitative estimate of drug-likeness (QED) is 0.567. The Bertz CT molecular complexity index is 421. The minimum Gasteiger partial charge on any atom is -0.459 e. The van der Waals surface area contributed by atoms with Gasteiger partial charge in [-0.2, -0.15) is 0 Å². The summed E-state index contributed by atoms with van der Waals surface area (Å²) in [5.74, 6) is -1.07. The summed E-state index contributed by atoms with van der Waals surface area (Å²) in [6.45, 7) is 7.29. The summed E-state index contributed by atoms with van der Waals surface area (Å²) < 4.78 is 5.34. The van der Waals surface area contributed by atoms with Crippen LogP contribution in [0.25, 0.3) is 0 Å². The van der Waals surface area contributed by atoms with E-state index in [4.69, 9.17) is 4.74 Å².